The van der Waals surface area contributed by atoms with Gasteiger partial charge in [0.05, 0.1) is 19.9 Å². The van der Waals surface area contributed by atoms with Gasteiger partial charge in [0.2, 0.25) is 5.95 Å². The summed E-state index contributed by atoms with van der Waals surface area (Å²) >= 11 is 0. The summed E-state index contributed by atoms with van der Waals surface area (Å²) in [6, 6.07) is 7.29. The van der Waals surface area contributed by atoms with Gasteiger partial charge in [-0.15, -0.1) is 0 Å². The number of nitrogens with one attached hydrogen (secondary N) is 1. The second-order valence-electron chi connectivity index (χ2n) is 4.54. The van der Waals surface area contributed by atoms with Gasteiger partial charge in [-0.1, -0.05) is 6.07 Å². The van der Waals surface area contributed by atoms with E-state index in [1.54, 1.807) is 20.1 Å². The summed E-state index contributed by atoms with van der Waals surface area (Å²) in [5.74, 6) is 0.490. The molecule has 6 nitrogen and oxygen atoms in total. The zero-order chi connectivity index (χ0) is 15.4. The number of methoxy groups -OCH3 is 2. The van der Waals surface area contributed by atoms with Crippen LogP contribution < -0.4 is 10.1 Å². The zero-order valence-corrected chi connectivity index (χ0v) is 12.4. The van der Waals surface area contributed by atoms with Gasteiger partial charge in [0.1, 0.15) is 5.75 Å². The molecule has 0 unspecified atom stereocenters. The monoisotopic (exact) mass is 287 g/mol. The zero-order valence-electron chi connectivity index (χ0n) is 12.4. The molecule has 0 aliphatic carbocycles. The Hall–Kier alpha value is -2.63. The highest BCUT2D eigenvalue weighted by Crippen LogP contribution is 2.27. The molecule has 0 amide bonds. The summed E-state index contributed by atoms with van der Waals surface area (Å²) in [4.78, 5) is 20.0. The lowest BCUT2D eigenvalue weighted by Crippen LogP contribution is -2.09. The first-order valence-corrected chi connectivity index (χ1v) is 6.39. The van der Waals surface area contributed by atoms with E-state index in [0.29, 0.717) is 17.4 Å². The molecule has 2 aromatic rings. The van der Waals surface area contributed by atoms with E-state index in [0.717, 1.165) is 11.3 Å². The average molecular weight is 287 g/mol. The minimum absolute atomic E-state index is 0.208. The van der Waals surface area contributed by atoms with Crippen molar-refractivity contribution in [2.24, 2.45) is 0 Å². The van der Waals surface area contributed by atoms with E-state index >= 15 is 0 Å². The quantitative estimate of drug-likeness (QED) is 0.871. The van der Waals surface area contributed by atoms with Gasteiger partial charge in [0.25, 0.3) is 0 Å². The van der Waals surface area contributed by atoms with Crippen molar-refractivity contribution in [3.63, 3.8) is 0 Å². The number of ether oxygens (including phenoxy) is 2. The van der Waals surface area contributed by atoms with Crippen LogP contribution in [0.4, 0.5) is 11.6 Å². The molecule has 0 fully saturated rings. The third-order valence-electron chi connectivity index (χ3n) is 2.85. The maximum Gasteiger partial charge on any atom is 0.356 e. The van der Waals surface area contributed by atoms with E-state index in [2.05, 4.69) is 20.0 Å². The third-order valence-corrected chi connectivity index (χ3v) is 2.85. The summed E-state index contributed by atoms with van der Waals surface area (Å²) in [5, 5.41) is 3.07. The van der Waals surface area contributed by atoms with Crippen molar-refractivity contribution < 1.29 is 14.3 Å². The van der Waals surface area contributed by atoms with E-state index in [4.69, 9.17) is 4.74 Å². The standard InChI is InChI=1S/C15H17N3O3/c1-9-5-6-13(20-3)11(7-9)17-15-16-10(2)8-12(18-15)14(19)21-4/h5-8H,1-4H3,(H,16,17,18). The second kappa shape index (κ2) is 6.21. The molecule has 0 atom stereocenters. The molecule has 0 bridgehead atoms. The molecular formula is C15H17N3O3. The van der Waals surface area contributed by atoms with Gasteiger partial charge in [0, 0.05) is 5.69 Å². The summed E-state index contributed by atoms with van der Waals surface area (Å²) in [5.41, 5.74) is 2.68. The lowest BCUT2D eigenvalue weighted by molar-refractivity contribution is 0.0594. The predicted octanol–water partition coefficient (Wildman–Crippen LogP) is 2.63. The Morgan fingerprint density at radius 1 is 1.14 bits per heavy atom. The Kier molecular flexibility index (Phi) is 4.37. The van der Waals surface area contributed by atoms with Crippen LogP contribution in [0.2, 0.25) is 0 Å². The van der Waals surface area contributed by atoms with Crippen LogP contribution in [-0.4, -0.2) is 30.2 Å². The molecule has 21 heavy (non-hydrogen) atoms. The molecule has 2 rings (SSSR count). The number of aromatic nitrogens is 2. The van der Waals surface area contributed by atoms with Crippen molar-refractivity contribution in [2.75, 3.05) is 19.5 Å². The van der Waals surface area contributed by atoms with Crippen molar-refractivity contribution in [2.45, 2.75) is 13.8 Å². The number of carbonyl (C=O) groups excluding carboxylic acids is 1. The number of hydrogen-bond donors (Lipinski definition) is 1. The Bertz CT molecular complexity index is 671. The van der Waals surface area contributed by atoms with Gasteiger partial charge in [-0.05, 0) is 37.6 Å². The topological polar surface area (TPSA) is 73.3 Å². The van der Waals surface area contributed by atoms with Crippen LogP contribution in [0.5, 0.6) is 5.75 Å². The normalized spacial score (nSPS) is 10.1. The molecule has 0 saturated carbocycles. The minimum atomic E-state index is -0.500. The van der Waals surface area contributed by atoms with Gasteiger partial charge in [-0.3, -0.25) is 0 Å². The van der Waals surface area contributed by atoms with Gasteiger partial charge in [0.15, 0.2) is 5.69 Å². The van der Waals surface area contributed by atoms with Crippen molar-refractivity contribution in [1.29, 1.82) is 0 Å². The Morgan fingerprint density at radius 2 is 1.90 bits per heavy atom. The van der Waals surface area contributed by atoms with E-state index in [-0.39, 0.29) is 5.69 Å². The second-order valence-corrected chi connectivity index (χ2v) is 4.54. The van der Waals surface area contributed by atoms with Crippen molar-refractivity contribution in [1.82, 2.24) is 9.97 Å². The smallest absolute Gasteiger partial charge is 0.356 e. The van der Waals surface area contributed by atoms with E-state index in [1.165, 1.54) is 7.11 Å². The molecule has 6 heteroatoms. The van der Waals surface area contributed by atoms with Gasteiger partial charge in [-0.2, -0.15) is 0 Å². The molecule has 0 aliphatic rings. The van der Waals surface area contributed by atoms with E-state index < -0.39 is 5.97 Å². The molecule has 110 valence electrons. The number of esters is 1. The SMILES string of the molecule is COC(=O)c1cc(C)nc(Nc2cc(C)ccc2OC)n1. The largest absolute Gasteiger partial charge is 0.495 e. The number of benzene rings is 1. The molecule has 1 aromatic carbocycles. The third kappa shape index (κ3) is 3.47. The van der Waals surface area contributed by atoms with Crippen LogP contribution in [0.3, 0.4) is 0 Å². The number of aryl methyl sites for hydroxylation is 2. The lowest BCUT2D eigenvalue weighted by atomic mass is 10.2. The molecule has 1 aromatic heterocycles. The van der Waals surface area contributed by atoms with Crippen LogP contribution in [0.1, 0.15) is 21.7 Å². The van der Waals surface area contributed by atoms with Crippen LogP contribution in [0.25, 0.3) is 0 Å². The fraction of sp³-hybridized carbons (Fsp3) is 0.267. The van der Waals surface area contributed by atoms with Gasteiger partial charge in [-0.25, -0.2) is 14.8 Å². The van der Waals surface area contributed by atoms with Crippen LogP contribution >= 0.6 is 0 Å². The number of rotatable bonds is 4. The fourth-order valence-electron chi connectivity index (χ4n) is 1.87. The van der Waals surface area contributed by atoms with Crippen molar-refractivity contribution in [3.05, 3.63) is 41.2 Å². The number of anilines is 2. The average Bonchev–Trinajstić information content (AvgIpc) is 2.46. The highest BCUT2D eigenvalue weighted by atomic mass is 16.5. The summed E-state index contributed by atoms with van der Waals surface area (Å²) in [6.45, 7) is 3.76. The van der Waals surface area contributed by atoms with Gasteiger partial charge >= 0.3 is 5.97 Å². The first-order valence-electron chi connectivity index (χ1n) is 6.39. The maximum absolute atomic E-state index is 11.6. The molecule has 1 heterocycles. The Balaban J connectivity index is 2.37. The number of hydrogen-bond acceptors (Lipinski definition) is 6. The van der Waals surface area contributed by atoms with Crippen LogP contribution in [0, 0.1) is 13.8 Å². The molecule has 0 saturated heterocycles. The highest BCUT2D eigenvalue weighted by molar-refractivity contribution is 5.87. The molecule has 0 radical (unpaired) electrons. The van der Waals surface area contributed by atoms with Crippen molar-refractivity contribution >= 4 is 17.6 Å². The Morgan fingerprint density at radius 3 is 2.57 bits per heavy atom. The minimum Gasteiger partial charge on any atom is -0.495 e. The first kappa shape index (κ1) is 14.8. The number of carbonyl (C=O) groups is 1. The Labute approximate surface area is 123 Å². The highest BCUT2D eigenvalue weighted by Gasteiger charge is 2.12. The maximum atomic E-state index is 11.6. The molecule has 0 aliphatic heterocycles. The van der Waals surface area contributed by atoms with E-state index in [1.807, 2.05) is 25.1 Å². The predicted molar refractivity (Wildman–Crippen MR) is 79.1 cm³/mol. The van der Waals surface area contributed by atoms with Crippen LogP contribution in [-0.2, 0) is 4.74 Å². The van der Waals surface area contributed by atoms with Crippen LogP contribution in [0.15, 0.2) is 24.3 Å². The summed E-state index contributed by atoms with van der Waals surface area (Å²) < 4.78 is 9.97. The lowest BCUT2D eigenvalue weighted by Gasteiger charge is -2.11. The molecular weight excluding hydrogens is 270 g/mol. The van der Waals surface area contributed by atoms with E-state index in [9.17, 15) is 4.79 Å². The number of nitrogens with zero attached hydrogens (tertiary/aromatic N) is 2. The van der Waals surface area contributed by atoms with Gasteiger partial charge < -0.3 is 14.8 Å². The first-order chi connectivity index (χ1) is 10.0. The summed E-state index contributed by atoms with van der Waals surface area (Å²) in [6.07, 6.45) is 0. The van der Waals surface area contributed by atoms with Crippen molar-refractivity contribution in [3.8, 4) is 5.75 Å². The fourth-order valence-corrected chi connectivity index (χ4v) is 1.87. The molecule has 1 N–H and O–H groups in total. The summed E-state index contributed by atoms with van der Waals surface area (Å²) in [7, 11) is 2.91. The molecule has 0 spiro atoms.